The van der Waals surface area contributed by atoms with Crippen LogP contribution in [0.15, 0.2) is 6.33 Å². The van der Waals surface area contributed by atoms with Crippen molar-refractivity contribution in [3.05, 3.63) is 6.33 Å². The quantitative estimate of drug-likeness (QED) is 0.348. The molecular formula is C16H23F6N6OP. The molecule has 0 aliphatic carbocycles. The van der Waals surface area contributed by atoms with Crippen LogP contribution in [0.1, 0.15) is 13.8 Å². The van der Waals surface area contributed by atoms with E-state index in [0.717, 1.165) is 0 Å². The normalized spacial score (nSPS) is 13.0. The van der Waals surface area contributed by atoms with E-state index in [9.17, 15) is 26.3 Å². The van der Waals surface area contributed by atoms with Crippen LogP contribution in [0.25, 0.3) is 11.2 Å². The van der Waals surface area contributed by atoms with Gasteiger partial charge in [0.1, 0.15) is 0 Å². The van der Waals surface area contributed by atoms with E-state index in [0.29, 0.717) is 17.0 Å². The predicted molar refractivity (Wildman–Crippen MR) is 103 cm³/mol. The van der Waals surface area contributed by atoms with Gasteiger partial charge in [0, 0.05) is 19.6 Å². The molecule has 2 rings (SSSR count). The van der Waals surface area contributed by atoms with Crippen LogP contribution in [0.3, 0.4) is 0 Å². The zero-order chi connectivity index (χ0) is 22.7. The number of alkyl halides is 6. The second kappa shape index (κ2) is 9.51. The van der Waals surface area contributed by atoms with Crippen LogP contribution < -0.4 is 10.6 Å². The summed E-state index contributed by atoms with van der Waals surface area (Å²) in [7, 11) is -0.599. The summed E-state index contributed by atoms with van der Waals surface area (Å²) in [4.78, 5) is 14.5. The Bertz CT molecular complexity index is 824. The first-order chi connectivity index (χ1) is 13.8. The molecule has 0 radical (unpaired) electrons. The second-order valence-corrected chi connectivity index (χ2v) is 9.21. The van der Waals surface area contributed by atoms with Gasteiger partial charge in [-0.1, -0.05) is 7.92 Å². The molecular weight excluding hydrogens is 437 g/mol. The zero-order valence-electron chi connectivity index (χ0n) is 16.6. The number of hydrogen-bond acceptors (Lipinski definition) is 6. The number of nitrogens with two attached hydrogens (primary N) is 1. The molecule has 2 aromatic heterocycles. The minimum atomic E-state index is -4.67. The van der Waals surface area contributed by atoms with Gasteiger partial charge in [-0.25, -0.2) is 4.98 Å². The van der Waals surface area contributed by atoms with E-state index in [1.54, 1.807) is 4.57 Å². The summed E-state index contributed by atoms with van der Waals surface area (Å²) in [5.74, 6) is 0.539. The van der Waals surface area contributed by atoms with Crippen molar-refractivity contribution in [1.29, 1.82) is 0 Å². The van der Waals surface area contributed by atoms with E-state index in [-0.39, 0.29) is 25.1 Å². The van der Waals surface area contributed by atoms with E-state index in [1.165, 1.54) is 6.33 Å². The van der Waals surface area contributed by atoms with Crippen LogP contribution >= 0.6 is 7.92 Å². The lowest BCUT2D eigenvalue weighted by atomic mass is 10.3. The van der Waals surface area contributed by atoms with Crippen LogP contribution in [-0.4, -0.2) is 70.2 Å². The molecule has 0 spiro atoms. The van der Waals surface area contributed by atoms with Crippen LogP contribution in [0, 0.1) is 0 Å². The van der Waals surface area contributed by atoms with Gasteiger partial charge in [0.05, 0.1) is 31.6 Å². The molecule has 0 amide bonds. The molecule has 14 heteroatoms. The first kappa shape index (κ1) is 24.4. The zero-order valence-corrected chi connectivity index (χ0v) is 17.5. The maximum atomic E-state index is 12.5. The van der Waals surface area contributed by atoms with Crippen molar-refractivity contribution in [2.75, 3.05) is 43.0 Å². The smallest absolute Gasteiger partial charge is 0.375 e. The third-order valence-corrected chi connectivity index (χ3v) is 6.29. The number of anilines is 2. The van der Waals surface area contributed by atoms with Gasteiger partial charge in [0.25, 0.3) is 0 Å². The highest BCUT2D eigenvalue weighted by atomic mass is 31.1. The molecule has 2 N–H and O–H groups in total. The standard InChI is InChI=1S/C16H23F6N6OP/c1-10(2)27(3)12-11-13(26-14(23)25-12)28(8-24-11)4-5-29-9-30(6-15(17,18)19)7-16(20,21)22/h8,10H,4-7,9H2,1-3H3,(H2,23,25,26). The molecule has 30 heavy (non-hydrogen) atoms. The first-order valence-corrected chi connectivity index (χ1v) is 10.8. The number of hydrogen-bond donors (Lipinski definition) is 1. The highest BCUT2D eigenvalue weighted by molar-refractivity contribution is 7.57. The van der Waals surface area contributed by atoms with Crippen LogP contribution in [0.4, 0.5) is 38.1 Å². The minimum absolute atomic E-state index is 0.0199. The highest BCUT2D eigenvalue weighted by Gasteiger charge is 2.38. The number of halogens is 6. The summed E-state index contributed by atoms with van der Waals surface area (Å²) in [5.41, 5.74) is 6.66. The number of aromatic nitrogens is 4. The number of fused-ring (bicyclic) bond motifs is 1. The van der Waals surface area contributed by atoms with Crippen molar-refractivity contribution in [2.45, 2.75) is 38.8 Å². The van der Waals surface area contributed by atoms with Gasteiger partial charge in [0.2, 0.25) is 5.95 Å². The Hall–Kier alpha value is -1.88. The second-order valence-electron chi connectivity index (χ2n) is 6.97. The number of nitrogen functional groups attached to an aromatic ring is 1. The Labute approximate surface area is 170 Å². The molecule has 0 aromatic carbocycles. The average molecular weight is 460 g/mol. The fourth-order valence-corrected chi connectivity index (χ4v) is 4.31. The van der Waals surface area contributed by atoms with Crippen molar-refractivity contribution >= 4 is 30.9 Å². The minimum Gasteiger partial charge on any atom is -0.375 e. The summed E-state index contributed by atoms with van der Waals surface area (Å²) in [6.45, 7) is 3.95. The van der Waals surface area contributed by atoms with E-state index < -0.39 is 38.9 Å². The summed E-state index contributed by atoms with van der Waals surface area (Å²) < 4.78 is 81.9. The summed E-state index contributed by atoms with van der Waals surface area (Å²) in [6.07, 6.45) is -11.5. The Morgan fingerprint density at radius 2 is 1.73 bits per heavy atom. The van der Waals surface area contributed by atoms with Crippen molar-refractivity contribution < 1.29 is 31.1 Å². The lowest BCUT2D eigenvalue weighted by molar-refractivity contribution is -0.112. The third-order valence-electron chi connectivity index (χ3n) is 4.13. The van der Waals surface area contributed by atoms with E-state index in [1.807, 2.05) is 25.8 Å². The SMILES string of the molecule is CC(C)N(C)c1nc(N)nc2c1ncn2CCOCP(CC(F)(F)F)CC(F)(F)F. The number of imidazole rings is 1. The highest BCUT2D eigenvalue weighted by Crippen LogP contribution is 2.45. The van der Waals surface area contributed by atoms with Crippen molar-refractivity contribution in [1.82, 2.24) is 19.5 Å². The van der Waals surface area contributed by atoms with Gasteiger partial charge in [-0.05, 0) is 13.8 Å². The fraction of sp³-hybridized carbons (Fsp3) is 0.688. The third kappa shape index (κ3) is 7.12. The van der Waals surface area contributed by atoms with Crippen LogP contribution in [0.2, 0.25) is 0 Å². The topological polar surface area (TPSA) is 82.1 Å². The summed E-state index contributed by atoms with van der Waals surface area (Å²) in [6, 6.07) is 0.109. The lowest BCUT2D eigenvalue weighted by Crippen LogP contribution is -2.27. The molecule has 0 saturated heterocycles. The summed E-state index contributed by atoms with van der Waals surface area (Å²) >= 11 is 0. The molecule has 2 aromatic rings. The maximum absolute atomic E-state index is 12.5. The van der Waals surface area contributed by atoms with Crippen LogP contribution in [-0.2, 0) is 11.3 Å². The summed E-state index contributed by atoms with van der Waals surface area (Å²) in [5, 5.41) is 0. The molecule has 0 unspecified atom stereocenters. The molecule has 0 saturated carbocycles. The Kier molecular flexibility index (Phi) is 7.73. The number of rotatable bonds is 9. The van der Waals surface area contributed by atoms with Crippen LogP contribution in [0.5, 0.6) is 0 Å². The van der Waals surface area contributed by atoms with E-state index in [2.05, 4.69) is 15.0 Å². The Morgan fingerprint density at radius 1 is 1.13 bits per heavy atom. The molecule has 170 valence electrons. The number of nitrogens with zero attached hydrogens (tertiary/aromatic N) is 5. The van der Waals surface area contributed by atoms with Gasteiger partial charge in [-0.15, -0.1) is 0 Å². The van der Waals surface area contributed by atoms with Crippen molar-refractivity contribution in [2.24, 2.45) is 0 Å². The van der Waals surface area contributed by atoms with Gasteiger partial charge < -0.3 is 19.9 Å². The molecule has 0 aliphatic rings. The molecule has 0 fully saturated rings. The van der Waals surface area contributed by atoms with Gasteiger partial charge in [0.15, 0.2) is 17.0 Å². The predicted octanol–water partition coefficient (Wildman–Crippen LogP) is 3.83. The lowest BCUT2D eigenvalue weighted by Gasteiger charge is -2.22. The number of ether oxygens (including phenoxy) is 1. The molecule has 0 aliphatic heterocycles. The monoisotopic (exact) mass is 460 g/mol. The van der Waals surface area contributed by atoms with Gasteiger partial charge in [-0.2, -0.15) is 36.3 Å². The van der Waals surface area contributed by atoms with Crippen molar-refractivity contribution in [3.63, 3.8) is 0 Å². The molecule has 2 heterocycles. The molecule has 7 nitrogen and oxygen atoms in total. The fourth-order valence-electron chi connectivity index (χ4n) is 2.61. The first-order valence-electron chi connectivity index (χ1n) is 8.91. The Morgan fingerprint density at radius 3 is 2.27 bits per heavy atom. The van der Waals surface area contributed by atoms with Gasteiger partial charge in [-0.3, -0.25) is 0 Å². The maximum Gasteiger partial charge on any atom is 0.392 e. The van der Waals surface area contributed by atoms with E-state index in [4.69, 9.17) is 10.5 Å². The largest absolute Gasteiger partial charge is 0.392 e. The Balaban J connectivity index is 2.05. The van der Waals surface area contributed by atoms with E-state index >= 15 is 0 Å². The van der Waals surface area contributed by atoms with Crippen molar-refractivity contribution in [3.8, 4) is 0 Å². The average Bonchev–Trinajstić information content (AvgIpc) is 2.97. The molecule has 0 atom stereocenters. The van der Waals surface area contributed by atoms with Gasteiger partial charge >= 0.3 is 12.4 Å². The molecule has 0 bridgehead atoms.